The number of hydrogen-bond donors (Lipinski definition) is 1. The number of urea groups is 1. The largest absolute Gasteiger partial charge is 0.368 e. The molecule has 1 N–H and O–H groups in total. The van der Waals surface area contributed by atoms with Crippen LogP contribution in [0.15, 0.2) is 23.1 Å². The molecule has 148 valence electrons. The summed E-state index contributed by atoms with van der Waals surface area (Å²) in [4.78, 5) is 28.5. The standard InChI is InChI=1S/C18H25N3O5S/c1-13-5-6-14(27(2,24)25)12-15(13)19-18(23)21-9-7-20(8-10-21)17(22)16-4-3-11-26-16/h5-6,12,16H,3-4,7-11H2,1-2H3,(H,19,23). The van der Waals surface area contributed by atoms with Crippen molar-refractivity contribution >= 4 is 27.5 Å². The van der Waals surface area contributed by atoms with E-state index < -0.39 is 9.84 Å². The van der Waals surface area contributed by atoms with Gasteiger partial charge in [0, 0.05) is 44.7 Å². The molecule has 1 aromatic carbocycles. The van der Waals surface area contributed by atoms with Crippen molar-refractivity contribution < 1.29 is 22.7 Å². The number of nitrogens with one attached hydrogen (secondary N) is 1. The number of benzene rings is 1. The van der Waals surface area contributed by atoms with Gasteiger partial charge in [-0.25, -0.2) is 13.2 Å². The van der Waals surface area contributed by atoms with Gasteiger partial charge in [-0.3, -0.25) is 4.79 Å². The van der Waals surface area contributed by atoms with Gasteiger partial charge in [0.05, 0.1) is 4.90 Å². The van der Waals surface area contributed by atoms with E-state index in [9.17, 15) is 18.0 Å². The Bertz CT molecular complexity index is 825. The van der Waals surface area contributed by atoms with Gasteiger partial charge < -0.3 is 19.9 Å². The lowest BCUT2D eigenvalue weighted by Crippen LogP contribution is -2.53. The summed E-state index contributed by atoms with van der Waals surface area (Å²) in [5, 5.41) is 2.79. The van der Waals surface area contributed by atoms with Gasteiger partial charge in [0.15, 0.2) is 9.84 Å². The van der Waals surface area contributed by atoms with Crippen molar-refractivity contribution in [3.8, 4) is 0 Å². The summed E-state index contributed by atoms with van der Waals surface area (Å²) in [5.41, 5.74) is 1.25. The third kappa shape index (κ3) is 4.59. The Morgan fingerprint density at radius 2 is 1.81 bits per heavy atom. The highest BCUT2D eigenvalue weighted by molar-refractivity contribution is 7.90. The van der Waals surface area contributed by atoms with Gasteiger partial charge in [-0.05, 0) is 37.5 Å². The van der Waals surface area contributed by atoms with E-state index in [2.05, 4.69) is 5.32 Å². The Balaban J connectivity index is 1.59. The minimum absolute atomic E-state index is 0.00394. The van der Waals surface area contributed by atoms with Gasteiger partial charge in [0.25, 0.3) is 5.91 Å². The number of nitrogens with zero attached hydrogens (tertiary/aromatic N) is 2. The fourth-order valence-corrected chi connectivity index (χ4v) is 3.91. The molecule has 1 aromatic rings. The van der Waals surface area contributed by atoms with Crippen molar-refractivity contribution in [1.82, 2.24) is 9.80 Å². The molecule has 0 bridgehead atoms. The molecule has 2 heterocycles. The van der Waals surface area contributed by atoms with E-state index in [0.29, 0.717) is 38.5 Å². The topological polar surface area (TPSA) is 96.0 Å². The van der Waals surface area contributed by atoms with Crippen molar-refractivity contribution in [2.75, 3.05) is 44.4 Å². The number of rotatable bonds is 3. The molecular weight excluding hydrogens is 370 g/mol. The number of anilines is 1. The summed E-state index contributed by atoms with van der Waals surface area (Å²) in [5.74, 6) is 0.00394. The first-order valence-electron chi connectivity index (χ1n) is 9.03. The Kier molecular flexibility index (Phi) is 5.71. The van der Waals surface area contributed by atoms with Crippen LogP contribution in [0.4, 0.5) is 10.5 Å². The Morgan fingerprint density at radius 3 is 2.41 bits per heavy atom. The molecule has 0 aromatic heterocycles. The first-order valence-corrected chi connectivity index (χ1v) is 10.9. The molecule has 27 heavy (non-hydrogen) atoms. The monoisotopic (exact) mass is 395 g/mol. The van der Waals surface area contributed by atoms with Gasteiger partial charge >= 0.3 is 6.03 Å². The molecule has 2 aliphatic rings. The second-order valence-electron chi connectivity index (χ2n) is 6.99. The lowest BCUT2D eigenvalue weighted by Gasteiger charge is -2.35. The smallest absolute Gasteiger partial charge is 0.321 e. The number of ether oxygens (including phenoxy) is 1. The highest BCUT2D eigenvalue weighted by Gasteiger charge is 2.31. The fourth-order valence-electron chi connectivity index (χ4n) is 3.27. The number of aryl methyl sites for hydroxylation is 1. The summed E-state index contributed by atoms with van der Waals surface area (Å²) >= 11 is 0. The number of sulfone groups is 1. The van der Waals surface area contributed by atoms with Crippen LogP contribution in [0.1, 0.15) is 18.4 Å². The molecule has 3 amide bonds. The molecule has 8 nitrogen and oxygen atoms in total. The van der Waals surface area contributed by atoms with Crippen molar-refractivity contribution in [3.63, 3.8) is 0 Å². The zero-order valence-electron chi connectivity index (χ0n) is 15.6. The predicted octanol–water partition coefficient (Wildman–Crippen LogP) is 1.25. The number of carbonyl (C=O) groups excluding carboxylic acids is 2. The van der Waals surface area contributed by atoms with Crippen LogP contribution in [-0.2, 0) is 19.4 Å². The molecule has 0 radical (unpaired) electrons. The highest BCUT2D eigenvalue weighted by atomic mass is 32.2. The van der Waals surface area contributed by atoms with E-state index in [4.69, 9.17) is 4.74 Å². The molecular formula is C18H25N3O5S. The highest BCUT2D eigenvalue weighted by Crippen LogP contribution is 2.21. The number of piperazine rings is 1. The lowest BCUT2D eigenvalue weighted by molar-refractivity contribution is -0.142. The van der Waals surface area contributed by atoms with Crippen LogP contribution in [0.25, 0.3) is 0 Å². The lowest BCUT2D eigenvalue weighted by atomic mass is 10.2. The summed E-state index contributed by atoms with van der Waals surface area (Å²) in [7, 11) is -3.35. The normalized spacial score (nSPS) is 20.6. The molecule has 9 heteroatoms. The molecule has 3 rings (SSSR count). The van der Waals surface area contributed by atoms with E-state index in [0.717, 1.165) is 24.7 Å². The average Bonchev–Trinajstić information content (AvgIpc) is 3.16. The first kappa shape index (κ1) is 19.6. The zero-order chi connectivity index (χ0) is 19.6. The van der Waals surface area contributed by atoms with Crippen LogP contribution in [0.2, 0.25) is 0 Å². The third-order valence-electron chi connectivity index (χ3n) is 4.96. The Hall–Kier alpha value is -2.13. The second kappa shape index (κ2) is 7.85. The van der Waals surface area contributed by atoms with Crippen LogP contribution in [0.5, 0.6) is 0 Å². The SMILES string of the molecule is Cc1ccc(S(C)(=O)=O)cc1NC(=O)N1CCN(C(=O)C2CCCO2)CC1. The van der Waals surface area contributed by atoms with Gasteiger partial charge in [-0.1, -0.05) is 6.07 Å². The first-order chi connectivity index (χ1) is 12.8. The van der Waals surface area contributed by atoms with Crippen LogP contribution >= 0.6 is 0 Å². The molecule has 1 atom stereocenters. The van der Waals surface area contributed by atoms with E-state index in [1.54, 1.807) is 22.8 Å². The van der Waals surface area contributed by atoms with Gasteiger partial charge in [0.2, 0.25) is 0 Å². The molecule has 2 aliphatic heterocycles. The number of hydrogen-bond acceptors (Lipinski definition) is 5. The summed E-state index contributed by atoms with van der Waals surface area (Å²) < 4.78 is 28.9. The molecule has 0 aliphatic carbocycles. The zero-order valence-corrected chi connectivity index (χ0v) is 16.4. The Morgan fingerprint density at radius 1 is 1.15 bits per heavy atom. The van der Waals surface area contributed by atoms with Crippen molar-refractivity contribution in [1.29, 1.82) is 0 Å². The maximum atomic E-state index is 12.6. The van der Waals surface area contributed by atoms with Crippen molar-refractivity contribution in [3.05, 3.63) is 23.8 Å². The summed E-state index contributed by atoms with van der Waals surface area (Å²) in [6.07, 6.45) is 2.46. The third-order valence-corrected chi connectivity index (χ3v) is 6.07. The van der Waals surface area contributed by atoms with E-state index >= 15 is 0 Å². The minimum atomic E-state index is -3.35. The van der Waals surface area contributed by atoms with Crippen LogP contribution in [0.3, 0.4) is 0 Å². The second-order valence-corrected chi connectivity index (χ2v) is 9.01. The summed E-state index contributed by atoms with van der Waals surface area (Å²) in [6.45, 7) is 4.22. The maximum absolute atomic E-state index is 12.6. The van der Waals surface area contributed by atoms with Gasteiger partial charge in [-0.2, -0.15) is 0 Å². The number of amides is 3. The van der Waals surface area contributed by atoms with Crippen LogP contribution in [-0.4, -0.2) is 75.3 Å². The van der Waals surface area contributed by atoms with Gasteiger partial charge in [-0.15, -0.1) is 0 Å². The molecule has 0 saturated carbocycles. The fraction of sp³-hybridized carbons (Fsp3) is 0.556. The van der Waals surface area contributed by atoms with Crippen LogP contribution < -0.4 is 5.32 Å². The number of carbonyl (C=O) groups is 2. The molecule has 2 fully saturated rings. The van der Waals surface area contributed by atoms with Gasteiger partial charge in [0.1, 0.15) is 6.10 Å². The van der Waals surface area contributed by atoms with E-state index in [1.165, 1.54) is 12.1 Å². The van der Waals surface area contributed by atoms with Crippen molar-refractivity contribution in [2.45, 2.75) is 30.8 Å². The van der Waals surface area contributed by atoms with Crippen molar-refractivity contribution in [2.24, 2.45) is 0 Å². The quantitative estimate of drug-likeness (QED) is 0.831. The maximum Gasteiger partial charge on any atom is 0.321 e. The van der Waals surface area contributed by atoms with E-state index in [1.807, 2.05) is 0 Å². The minimum Gasteiger partial charge on any atom is -0.368 e. The summed E-state index contributed by atoms with van der Waals surface area (Å²) in [6, 6.07) is 4.37. The molecule has 2 saturated heterocycles. The predicted molar refractivity (Wildman–Crippen MR) is 100 cm³/mol. The average molecular weight is 395 g/mol. The molecule has 0 spiro atoms. The Labute approximate surface area is 159 Å². The van der Waals surface area contributed by atoms with E-state index in [-0.39, 0.29) is 22.9 Å². The van der Waals surface area contributed by atoms with Crippen LogP contribution in [0, 0.1) is 6.92 Å². The molecule has 1 unspecified atom stereocenters.